The first-order valence-corrected chi connectivity index (χ1v) is 6.65. The smallest absolute Gasteiger partial charge is 0.337 e. The van der Waals surface area contributed by atoms with E-state index >= 15 is 0 Å². The maximum atomic E-state index is 12.1. The summed E-state index contributed by atoms with van der Waals surface area (Å²) >= 11 is 0. The number of methoxy groups -OCH3 is 1. The molecule has 1 unspecified atom stereocenters. The zero-order valence-corrected chi connectivity index (χ0v) is 11.8. The molecular weight excluding hydrogens is 258 g/mol. The van der Waals surface area contributed by atoms with Gasteiger partial charge in [0.2, 0.25) is 0 Å². The molecule has 20 heavy (non-hydrogen) atoms. The molecule has 1 atom stereocenters. The number of carbonyl (C=O) groups excluding carboxylic acids is 2. The van der Waals surface area contributed by atoms with E-state index in [2.05, 4.69) is 4.74 Å². The van der Waals surface area contributed by atoms with E-state index in [0.29, 0.717) is 18.7 Å². The summed E-state index contributed by atoms with van der Waals surface area (Å²) < 4.78 is 10.0. The number of hydrogen-bond acceptors (Lipinski definition) is 4. The number of hydrogen-bond donors (Lipinski definition) is 0. The van der Waals surface area contributed by atoms with Crippen molar-refractivity contribution in [3.05, 3.63) is 35.4 Å². The number of likely N-dealkylation sites (N-methyl/N-ethyl adjacent to an activating group) is 1. The van der Waals surface area contributed by atoms with Crippen molar-refractivity contribution in [1.82, 2.24) is 4.90 Å². The summed E-state index contributed by atoms with van der Waals surface area (Å²) in [6.07, 6.45) is 1.44. The standard InChI is InChI=1S/C15H19NO4/c1-16(14(17)13-4-3-9-20-13)10-11-5-7-12(8-6-11)15(18)19-2/h5-8,13H,3-4,9-10H2,1-2H3. The Morgan fingerprint density at radius 2 is 2.05 bits per heavy atom. The molecule has 1 aromatic carbocycles. The van der Waals surface area contributed by atoms with E-state index in [0.717, 1.165) is 18.4 Å². The highest BCUT2D eigenvalue weighted by Gasteiger charge is 2.26. The van der Waals surface area contributed by atoms with Crippen LogP contribution in [0, 0.1) is 0 Å². The van der Waals surface area contributed by atoms with Gasteiger partial charge in [-0.3, -0.25) is 4.79 Å². The third-order valence-electron chi connectivity index (χ3n) is 3.38. The normalized spacial score (nSPS) is 17.8. The first-order valence-electron chi connectivity index (χ1n) is 6.65. The fourth-order valence-corrected chi connectivity index (χ4v) is 2.23. The molecule has 1 aromatic rings. The molecule has 0 spiro atoms. The van der Waals surface area contributed by atoms with Gasteiger partial charge in [0.1, 0.15) is 6.10 Å². The van der Waals surface area contributed by atoms with Gasteiger partial charge in [0.15, 0.2) is 0 Å². The van der Waals surface area contributed by atoms with Crippen molar-refractivity contribution in [2.75, 3.05) is 20.8 Å². The Balaban J connectivity index is 1.95. The Labute approximate surface area is 118 Å². The minimum absolute atomic E-state index is 0.0135. The molecule has 1 aliphatic rings. The fraction of sp³-hybridized carbons (Fsp3) is 0.467. The molecule has 0 aromatic heterocycles. The largest absolute Gasteiger partial charge is 0.465 e. The molecule has 2 rings (SSSR count). The van der Waals surface area contributed by atoms with Crippen molar-refractivity contribution in [3.8, 4) is 0 Å². The lowest BCUT2D eigenvalue weighted by Crippen LogP contribution is -2.35. The second-order valence-corrected chi connectivity index (χ2v) is 4.88. The maximum absolute atomic E-state index is 12.1. The van der Waals surface area contributed by atoms with Gasteiger partial charge in [-0.25, -0.2) is 4.79 Å². The average Bonchev–Trinajstić information content (AvgIpc) is 3.00. The van der Waals surface area contributed by atoms with Crippen LogP contribution in [0.15, 0.2) is 24.3 Å². The topological polar surface area (TPSA) is 55.8 Å². The Hall–Kier alpha value is -1.88. The third kappa shape index (κ3) is 3.36. The highest BCUT2D eigenvalue weighted by Crippen LogP contribution is 2.15. The van der Waals surface area contributed by atoms with Crippen LogP contribution in [0.5, 0.6) is 0 Å². The van der Waals surface area contributed by atoms with Crippen LogP contribution in [0.2, 0.25) is 0 Å². The van der Waals surface area contributed by atoms with Gasteiger partial charge >= 0.3 is 5.97 Å². The highest BCUT2D eigenvalue weighted by atomic mass is 16.5. The molecular formula is C15H19NO4. The first-order chi connectivity index (χ1) is 9.61. The van der Waals surface area contributed by atoms with E-state index < -0.39 is 0 Å². The van der Waals surface area contributed by atoms with Crippen LogP contribution in [-0.4, -0.2) is 43.6 Å². The molecule has 5 nitrogen and oxygen atoms in total. The zero-order valence-electron chi connectivity index (χ0n) is 11.8. The lowest BCUT2D eigenvalue weighted by Gasteiger charge is -2.20. The third-order valence-corrected chi connectivity index (χ3v) is 3.38. The van der Waals surface area contributed by atoms with Gasteiger partial charge in [-0.1, -0.05) is 12.1 Å². The molecule has 1 heterocycles. The number of amides is 1. The van der Waals surface area contributed by atoms with Crippen LogP contribution in [0.4, 0.5) is 0 Å². The van der Waals surface area contributed by atoms with Crippen LogP contribution in [-0.2, 0) is 20.8 Å². The number of benzene rings is 1. The van der Waals surface area contributed by atoms with Crippen molar-refractivity contribution in [3.63, 3.8) is 0 Å². The number of ether oxygens (including phenoxy) is 2. The van der Waals surface area contributed by atoms with E-state index in [4.69, 9.17) is 4.74 Å². The molecule has 0 radical (unpaired) electrons. The Kier molecular flexibility index (Phi) is 4.74. The quantitative estimate of drug-likeness (QED) is 0.785. The van der Waals surface area contributed by atoms with Crippen molar-refractivity contribution in [1.29, 1.82) is 0 Å². The predicted octanol–water partition coefficient (Wildman–Crippen LogP) is 1.61. The van der Waals surface area contributed by atoms with E-state index in [1.165, 1.54) is 7.11 Å². The van der Waals surface area contributed by atoms with Gasteiger partial charge < -0.3 is 14.4 Å². The van der Waals surface area contributed by atoms with Crippen LogP contribution >= 0.6 is 0 Å². The average molecular weight is 277 g/mol. The van der Waals surface area contributed by atoms with Crippen molar-refractivity contribution in [2.45, 2.75) is 25.5 Å². The minimum Gasteiger partial charge on any atom is -0.465 e. The molecule has 0 bridgehead atoms. The Morgan fingerprint density at radius 3 is 2.60 bits per heavy atom. The van der Waals surface area contributed by atoms with Gasteiger partial charge in [0, 0.05) is 20.2 Å². The molecule has 1 aliphatic heterocycles. The van der Waals surface area contributed by atoms with E-state index in [1.54, 1.807) is 24.1 Å². The monoisotopic (exact) mass is 277 g/mol. The van der Waals surface area contributed by atoms with Crippen LogP contribution in [0.3, 0.4) is 0 Å². The summed E-state index contributed by atoms with van der Waals surface area (Å²) in [6, 6.07) is 7.05. The summed E-state index contributed by atoms with van der Waals surface area (Å²) in [4.78, 5) is 25.1. The van der Waals surface area contributed by atoms with Crippen molar-refractivity contribution < 1.29 is 19.1 Å². The Morgan fingerprint density at radius 1 is 1.35 bits per heavy atom. The van der Waals surface area contributed by atoms with Crippen LogP contribution < -0.4 is 0 Å². The first kappa shape index (κ1) is 14.5. The molecule has 1 saturated heterocycles. The zero-order chi connectivity index (χ0) is 14.5. The van der Waals surface area contributed by atoms with Crippen molar-refractivity contribution in [2.24, 2.45) is 0 Å². The predicted molar refractivity (Wildman–Crippen MR) is 73.2 cm³/mol. The number of carbonyl (C=O) groups is 2. The van der Waals surface area contributed by atoms with Gasteiger partial charge in [-0.15, -0.1) is 0 Å². The lowest BCUT2D eigenvalue weighted by molar-refractivity contribution is -0.140. The summed E-state index contributed by atoms with van der Waals surface area (Å²) in [7, 11) is 3.11. The molecule has 1 fully saturated rings. The van der Waals surface area contributed by atoms with E-state index in [9.17, 15) is 9.59 Å². The lowest BCUT2D eigenvalue weighted by atomic mass is 10.1. The van der Waals surface area contributed by atoms with Gasteiger partial charge in [0.25, 0.3) is 5.91 Å². The molecule has 0 aliphatic carbocycles. The Bertz CT molecular complexity index is 477. The molecule has 0 N–H and O–H groups in total. The van der Waals surface area contributed by atoms with Crippen LogP contribution in [0.25, 0.3) is 0 Å². The molecule has 0 saturated carbocycles. The maximum Gasteiger partial charge on any atom is 0.337 e. The van der Waals surface area contributed by atoms with Gasteiger partial charge in [-0.2, -0.15) is 0 Å². The number of rotatable bonds is 4. The summed E-state index contributed by atoms with van der Waals surface area (Å²) in [5.41, 5.74) is 1.47. The summed E-state index contributed by atoms with van der Waals surface area (Å²) in [5.74, 6) is -0.347. The summed E-state index contributed by atoms with van der Waals surface area (Å²) in [5, 5.41) is 0. The second kappa shape index (κ2) is 6.52. The van der Waals surface area contributed by atoms with Gasteiger partial charge in [-0.05, 0) is 30.5 Å². The fourth-order valence-electron chi connectivity index (χ4n) is 2.23. The van der Waals surface area contributed by atoms with Gasteiger partial charge in [0.05, 0.1) is 12.7 Å². The highest BCUT2D eigenvalue weighted by molar-refractivity contribution is 5.89. The van der Waals surface area contributed by atoms with Crippen LogP contribution in [0.1, 0.15) is 28.8 Å². The van der Waals surface area contributed by atoms with E-state index in [-0.39, 0.29) is 18.0 Å². The SMILES string of the molecule is COC(=O)c1ccc(CN(C)C(=O)C2CCCO2)cc1. The minimum atomic E-state index is -0.361. The van der Waals surface area contributed by atoms with Crippen molar-refractivity contribution >= 4 is 11.9 Å². The van der Waals surface area contributed by atoms with E-state index in [1.807, 2.05) is 12.1 Å². The second-order valence-electron chi connectivity index (χ2n) is 4.88. The molecule has 108 valence electrons. The summed E-state index contributed by atoms with van der Waals surface area (Å²) in [6.45, 7) is 1.16. The molecule has 1 amide bonds. The number of nitrogens with zero attached hydrogens (tertiary/aromatic N) is 1. The molecule has 5 heteroatoms. The number of esters is 1.